The Kier molecular flexibility index (Phi) is 7.95. The molecule has 0 unspecified atom stereocenters. The van der Waals surface area contributed by atoms with Crippen LogP contribution in [0.3, 0.4) is 0 Å². The second kappa shape index (κ2) is 10.4. The summed E-state index contributed by atoms with van der Waals surface area (Å²) in [7, 11) is 0. The minimum atomic E-state index is 0.0464. The van der Waals surface area contributed by atoms with Gasteiger partial charge < -0.3 is 10.6 Å². The molecule has 27 heavy (non-hydrogen) atoms. The highest BCUT2D eigenvalue weighted by atomic mass is 32.1. The monoisotopic (exact) mass is 382 g/mol. The van der Waals surface area contributed by atoms with Crippen LogP contribution in [0.1, 0.15) is 42.6 Å². The van der Waals surface area contributed by atoms with Crippen molar-refractivity contribution in [1.82, 2.24) is 10.3 Å². The van der Waals surface area contributed by atoms with Crippen molar-refractivity contribution in [3.05, 3.63) is 71.8 Å². The van der Waals surface area contributed by atoms with Crippen LogP contribution < -0.4 is 11.2 Å². The average Bonchev–Trinajstić information content (AvgIpc) is 2.68. The molecule has 0 aliphatic rings. The number of amides is 1. The SMILES string of the molecule is CC(C)N(CCC/C(=N\NC(N)=S)c1ccccc1)C(=O)c1ccccc1. The van der Waals surface area contributed by atoms with Gasteiger partial charge in [-0.1, -0.05) is 48.5 Å². The Hall–Kier alpha value is -2.73. The molecular formula is C21H26N4OS. The van der Waals surface area contributed by atoms with Crippen LogP contribution >= 0.6 is 12.2 Å². The van der Waals surface area contributed by atoms with Crippen LogP contribution in [0.2, 0.25) is 0 Å². The van der Waals surface area contributed by atoms with E-state index in [1.807, 2.05) is 79.4 Å². The number of nitrogens with zero attached hydrogens (tertiary/aromatic N) is 2. The Morgan fingerprint density at radius 3 is 2.15 bits per heavy atom. The van der Waals surface area contributed by atoms with Gasteiger partial charge in [-0.25, -0.2) is 0 Å². The van der Waals surface area contributed by atoms with Crippen molar-refractivity contribution in [3.8, 4) is 0 Å². The largest absolute Gasteiger partial charge is 0.375 e. The summed E-state index contributed by atoms with van der Waals surface area (Å²) in [6.07, 6.45) is 1.48. The molecule has 0 aliphatic heterocycles. The van der Waals surface area contributed by atoms with Crippen molar-refractivity contribution in [2.75, 3.05) is 6.54 Å². The first-order chi connectivity index (χ1) is 13.0. The summed E-state index contributed by atoms with van der Waals surface area (Å²) in [6, 6.07) is 19.4. The summed E-state index contributed by atoms with van der Waals surface area (Å²) in [5.41, 5.74) is 10.7. The second-order valence-electron chi connectivity index (χ2n) is 6.46. The molecule has 0 saturated heterocycles. The van der Waals surface area contributed by atoms with Crippen LogP contribution in [0.5, 0.6) is 0 Å². The molecule has 0 atom stereocenters. The van der Waals surface area contributed by atoms with Gasteiger partial charge in [0.15, 0.2) is 5.11 Å². The maximum Gasteiger partial charge on any atom is 0.254 e. The Balaban J connectivity index is 2.05. The van der Waals surface area contributed by atoms with E-state index in [4.69, 9.17) is 18.0 Å². The molecule has 0 aromatic heterocycles. The van der Waals surface area contributed by atoms with Gasteiger partial charge in [0.25, 0.3) is 5.91 Å². The van der Waals surface area contributed by atoms with Crippen molar-refractivity contribution in [2.24, 2.45) is 10.8 Å². The highest BCUT2D eigenvalue weighted by molar-refractivity contribution is 7.80. The third kappa shape index (κ3) is 6.49. The highest BCUT2D eigenvalue weighted by Crippen LogP contribution is 2.12. The van der Waals surface area contributed by atoms with Gasteiger partial charge in [-0.05, 0) is 56.6 Å². The lowest BCUT2D eigenvalue weighted by atomic mass is 10.1. The molecule has 6 heteroatoms. The van der Waals surface area contributed by atoms with Crippen molar-refractivity contribution in [1.29, 1.82) is 0 Å². The summed E-state index contributed by atoms with van der Waals surface area (Å²) in [6.45, 7) is 4.70. The number of carbonyl (C=O) groups excluding carboxylic acids is 1. The lowest BCUT2D eigenvalue weighted by Crippen LogP contribution is -2.38. The number of nitrogens with two attached hydrogens (primary N) is 1. The molecule has 0 heterocycles. The summed E-state index contributed by atoms with van der Waals surface area (Å²) >= 11 is 4.85. The van der Waals surface area contributed by atoms with E-state index in [-0.39, 0.29) is 17.1 Å². The van der Waals surface area contributed by atoms with Crippen LogP contribution in [-0.2, 0) is 0 Å². The van der Waals surface area contributed by atoms with Crippen molar-refractivity contribution in [3.63, 3.8) is 0 Å². The van der Waals surface area contributed by atoms with Crippen LogP contribution in [0.25, 0.3) is 0 Å². The van der Waals surface area contributed by atoms with E-state index in [1.165, 1.54) is 0 Å². The molecule has 3 N–H and O–H groups in total. The molecule has 0 radical (unpaired) electrons. The molecular weight excluding hydrogens is 356 g/mol. The molecule has 0 aliphatic carbocycles. The number of hydrazone groups is 1. The average molecular weight is 383 g/mol. The first kappa shape index (κ1) is 20.6. The minimum Gasteiger partial charge on any atom is -0.375 e. The zero-order chi connectivity index (χ0) is 19.6. The zero-order valence-corrected chi connectivity index (χ0v) is 16.6. The molecule has 2 aromatic rings. The third-order valence-corrected chi connectivity index (χ3v) is 4.22. The smallest absolute Gasteiger partial charge is 0.254 e. The fourth-order valence-electron chi connectivity index (χ4n) is 2.78. The van der Waals surface area contributed by atoms with E-state index in [2.05, 4.69) is 10.5 Å². The molecule has 142 valence electrons. The number of benzene rings is 2. The first-order valence-electron chi connectivity index (χ1n) is 9.02. The third-order valence-electron chi connectivity index (χ3n) is 4.13. The summed E-state index contributed by atoms with van der Waals surface area (Å²) in [5, 5.41) is 4.47. The highest BCUT2D eigenvalue weighted by Gasteiger charge is 2.18. The minimum absolute atomic E-state index is 0.0464. The fourth-order valence-corrected chi connectivity index (χ4v) is 2.82. The number of hydrogen-bond donors (Lipinski definition) is 2. The quantitative estimate of drug-likeness (QED) is 0.416. The predicted molar refractivity (Wildman–Crippen MR) is 115 cm³/mol. The Morgan fingerprint density at radius 2 is 1.63 bits per heavy atom. The van der Waals surface area contributed by atoms with E-state index in [0.717, 1.165) is 17.7 Å². The van der Waals surface area contributed by atoms with Gasteiger partial charge in [0.05, 0.1) is 5.71 Å². The van der Waals surface area contributed by atoms with Gasteiger partial charge in [-0.15, -0.1) is 0 Å². The molecule has 0 saturated carbocycles. The first-order valence-corrected chi connectivity index (χ1v) is 9.43. The van der Waals surface area contributed by atoms with E-state index in [1.54, 1.807) is 0 Å². The van der Waals surface area contributed by atoms with Gasteiger partial charge in [-0.3, -0.25) is 10.2 Å². The topological polar surface area (TPSA) is 70.7 Å². The summed E-state index contributed by atoms with van der Waals surface area (Å²) in [5.74, 6) is 0.0464. The maximum atomic E-state index is 12.8. The van der Waals surface area contributed by atoms with E-state index in [0.29, 0.717) is 18.5 Å². The Labute approximate surface area is 166 Å². The maximum absolute atomic E-state index is 12.8. The van der Waals surface area contributed by atoms with Crippen LogP contribution in [-0.4, -0.2) is 34.2 Å². The number of hydrogen-bond acceptors (Lipinski definition) is 3. The summed E-state index contributed by atoms with van der Waals surface area (Å²) in [4.78, 5) is 14.7. The standard InChI is InChI=1S/C21H26N4OS/c1-16(2)25(20(26)18-12-7-4-8-13-18)15-9-14-19(23-24-21(22)27)17-10-5-3-6-11-17/h3-8,10-13,16H,9,14-15H2,1-2H3,(H3,22,24,27)/b23-19+. The number of carbonyl (C=O) groups is 1. The normalized spacial score (nSPS) is 11.3. The number of thiocarbonyl (C=S) groups is 1. The molecule has 2 aromatic carbocycles. The lowest BCUT2D eigenvalue weighted by Gasteiger charge is -2.27. The van der Waals surface area contributed by atoms with Gasteiger partial charge in [0, 0.05) is 18.2 Å². The van der Waals surface area contributed by atoms with E-state index in [9.17, 15) is 4.79 Å². The predicted octanol–water partition coefficient (Wildman–Crippen LogP) is 3.55. The Bertz CT molecular complexity index is 775. The lowest BCUT2D eigenvalue weighted by molar-refractivity contribution is 0.0704. The molecule has 2 rings (SSSR count). The molecule has 5 nitrogen and oxygen atoms in total. The number of nitrogens with one attached hydrogen (secondary N) is 1. The molecule has 0 fully saturated rings. The summed E-state index contributed by atoms with van der Waals surface area (Å²) < 4.78 is 0. The fraction of sp³-hybridized carbons (Fsp3) is 0.286. The van der Waals surface area contributed by atoms with Gasteiger partial charge >= 0.3 is 0 Å². The van der Waals surface area contributed by atoms with Crippen molar-refractivity contribution < 1.29 is 4.79 Å². The molecule has 0 bridgehead atoms. The van der Waals surface area contributed by atoms with E-state index >= 15 is 0 Å². The van der Waals surface area contributed by atoms with Crippen LogP contribution in [0, 0.1) is 0 Å². The zero-order valence-electron chi connectivity index (χ0n) is 15.8. The van der Waals surface area contributed by atoms with E-state index < -0.39 is 0 Å². The Morgan fingerprint density at radius 1 is 1.07 bits per heavy atom. The van der Waals surface area contributed by atoms with Crippen molar-refractivity contribution >= 4 is 28.9 Å². The van der Waals surface area contributed by atoms with Gasteiger partial charge in [0.2, 0.25) is 0 Å². The number of rotatable bonds is 8. The second-order valence-corrected chi connectivity index (χ2v) is 6.90. The van der Waals surface area contributed by atoms with Gasteiger partial charge in [-0.2, -0.15) is 5.10 Å². The van der Waals surface area contributed by atoms with Crippen LogP contribution in [0.15, 0.2) is 65.8 Å². The van der Waals surface area contributed by atoms with Crippen LogP contribution in [0.4, 0.5) is 0 Å². The van der Waals surface area contributed by atoms with Gasteiger partial charge in [0.1, 0.15) is 0 Å². The van der Waals surface area contributed by atoms with Crippen molar-refractivity contribution in [2.45, 2.75) is 32.7 Å². The molecule has 0 spiro atoms. The molecule has 1 amide bonds.